The molecule has 0 spiro atoms. The van der Waals surface area contributed by atoms with Crippen molar-refractivity contribution < 1.29 is 55.8 Å². The molecule has 2 radical (unpaired) electrons. The topological polar surface area (TPSA) is 20.2 Å². The van der Waals surface area contributed by atoms with Crippen molar-refractivity contribution in [1.82, 2.24) is 0 Å². The van der Waals surface area contributed by atoms with Gasteiger partial charge in [0.2, 0.25) is 0 Å². The van der Waals surface area contributed by atoms with E-state index in [0.717, 1.165) is 0 Å². The maximum absolute atomic E-state index is 8.16. The van der Waals surface area contributed by atoms with E-state index in [1.807, 2.05) is 13.1 Å². The molecule has 1 unspecified atom stereocenters. The van der Waals surface area contributed by atoms with Crippen molar-refractivity contribution in [1.29, 1.82) is 0 Å². The summed E-state index contributed by atoms with van der Waals surface area (Å²) in [7, 11) is -0.880. The number of benzene rings is 1. The van der Waals surface area contributed by atoms with Gasteiger partial charge >= 0.3 is 26.2 Å². The van der Waals surface area contributed by atoms with Gasteiger partial charge in [-0.15, -0.1) is 47.1 Å². The first-order valence-corrected chi connectivity index (χ1v) is 8.61. The predicted molar refractivity (Wildman–Crippen MR) is 77.8 cm³/mol. The van der Waals surface area contributed by atoms with Crippen molar-refractivity contribution in [2.75, 3.05) is 0 Å². The number of aryl methyl sites for hydroxylation is 1. The van der Waals surface area contributed by atoms with Gasteiger partial charge in [0.15, 0.2) is 9.04 Å². The Balaban J connectivity index is 0. The average Bonchev–Trinajstić information content (AvgIpc) is 2.65. The van der Waals surface area contributed by atoms with E-state index >= 15 is 0 Å². The Morgan fingerprint density at radius 3 is 2.38 bits per heavy atom. The van der Waals surface area contributed by atoms with Crippen LogP contribution in [0.5, 0.6) is 0 Å². The van der Waals surface area contributed by atoms with Crippen LogP contribution in [0.2, 0.25) is 13.1 Å². The summed E-state index contributed by atoms with van der Waals surface area (Å²) < 4.78 is 0. The molecule has 1 atom stereocenters. The van der Waals surface area contributed by atoms with E-state index in [9.17, 15) is 0 Å². The predicted octanol–water partition coefficient (Wildman–Crippen LogP) is -2.47. The van der Waals surface area contributed by atoms with Crippen LogP contribution in [-0.4, -0.2) is 13.8 Å². The molecule has 2 aliphatic rings. The second-order valence-electron chi connectivity index (χ2n) is 4.84. The van der Waals surface area contributed by atoms with Crippen LogP contribution in [0, 0.1) is 13.0 Å². The van der Waals surface area contributed by atoms with E-state index in [-0.39, 0.29) is 51.0 Å². The van der Waals surface area contributed by atoms with Gasteiger partial charge in [-0.3, -0.25) is 0 Å². The Bertz CT molecular complexity index is 536. The largest absolute Gasteiger partial charge is 3.00 e. The SMILES string of the molecule is C[Si](C)O.Cc1ccc2c(c1)[C-]=C1C=CC=CC12.[Cl-].[Cl-].[Zr+3]. The standard InChI is InChI=1S/C14H11.C2H7OSi.2ClH.Zr/c1-10-6-7-14-12(8-10)9-11-4-2-3-5-13(11)14;1-4(2)3;;;/h2-8,13H,1H3;3H,1-2H3;2*1H;/q-1;;;;+3/p-2. The van der Waals surface area contributed by atoms with Gasteiger partial charge < -0.3 is 29.6 Å². The first kappa shape index (κ1) is 23.3. The van der Waals surface area contributed by atoms with Crippen LogP contribution in [-0.2, 0) is 26.2 Å². The molecule has 0 fully saturated rings. The Labute approximate surface area is 160 Å². The molecule has 21 heavy (non-hydrogen) atoms. The molecule has 0 bridgehead atoms. The fourth-order valence-corrected chi connectivity index (χ4v) is 2.14. The van der Waals surface area contributed by atoms with Crippen LogP contribution in [0.1, 0.15) is 22.6 Å². The summed E-state index contributed by atoms with van der Waals surface area (Å²) in [5.41, 5.74) is 5.27. The van der Waals surface area contributed by atoms with Crippen molar-refractivity contribution >= 4 is 9.04 Å². The molecular formula is C16H18Cl2OSiZr. The molecule has 3 rings (SSSR count). The van der Waals surface area contributed by atoms with E-state index in [2.05, 4.69) is 55.5 Å². The van der Waals surface area contributed by atoms with Crippen molar-refractivity contribution in [3.8, 4) is 0 Å². The molecule has 1 N–H and O–H groups in total. The number of hydrogen-bond donors (Lipinski definition) is 1. The number of rotatable bonds is 0. The summed E-state index contributed by atoms with van der Waals surface area (Å²) in [6, 6.07) is 6.61. The van der Waals surface area contributed by atoms with E-state index < -0.39 is 9.04 Å². The monoisotopic (exact) mass is 414 g/mol. The second-order valence-corrected chi connectivity index (χ2v) is 6.73. The van der Waals surface area contributed by atoms with Crippen LogP contribution in [0.25, 0.3) is 0 Å². The molecule has 0 heterocycles. The third kappa shape index (κ3) is 6.38. The van der Waals surface area contributed by atoms with Gasteiger partial charge in [-0.1, -0.05) is 23.8 Å². The summed E-state index contributed by atoms with van der Waals surface area (Å²) in [5, 5.41) is 0. The van der Waals surface area contributed by atoms with Gasteiger partial charge in [0.05, 0.1) is 0 Å². The normalized spacial score (nSPS) is 16.2. The zero-order chi connectivity index (χ0) is 13.1. The zero-order valence-corrected chi connectivity index (χ0v) is 17.3. The summed E-state index contributed by atoms with van der Waals surface area (Å²) >= 11 is 0. The van der Waals surface area contributed by atoms with E-state index in [0.29, 0.717) is 5.92 Å². The molecule has 1 aromatic carbocycles. The first-order chi connectivity index (χ1) is 8.58. The Hall–Kier alpha value is 0.0800. The van der Waals surface area contributed by atoms with Crippen LogP contribution >= 0.6 is 0 Å². The Kier molecular flexibility index (Phi) is 11.9. The molecule has 110 valence electrons. The van der Waals surface area contributed by atoms with E-state index in [4.69, 9.17) is 4.80 Å². The molecule has 0 aliphatic heterocycles. The van der Waals surface area contributed by atoms with Crippen molar-refractivity contribution in [3.63, 3.8) is 0 Å². The quantitative estimate of drug-likeness (QED) is 0.367. The maximum Gasteiger partial charge on any atom is 3.00 e. The molecule has 0 saturated heterocycles. The fourth-order valence-electron chi connectivity index (χ4n) is 2.14. The minimum absolute atomic E-state index is 0. The van der Waals surface area contributed by atoms with Crippen LogP contribution in [0.3, 0.4) is 0 Å². The van der Waals surface area contributed by atoms with Gasteiger partial charge in [-0.25, -0.2) is 0 Å². The summed E-state index contributed by atoms with van der Waals surface area (Å²) in [6.45, 7) is 5.77. The molecule has 0 saturated carbocycles. The van der Waals surface area contributed by atoms with E-state index in [1.54, 1.807) is 0 Å². The van der Waals surface area contributed by atoms with Crippen LogP contribution in [0.15, 0.2) is 48.1 Å². The molecule has 1 aromatic rings. The number of halogens is 2. The van der Waals surface area contributed by atoms with Crippen molar-refractivity contribution in [3.05, 3.63) is 70.8 Å². The average molecular weight is 417 g/mol. The van der Waals surface area contributed by atoms with Gasteiger partial charge in [0.25, 0.3) is 0 Å². The van der Waals surface area contributed by atoms with Gasteiger partial charge in [-0.05, 0) is 25.9 Å². The number of hydrogen-bond acceptors (Lipinski definition) is 1. The van der Waals surface area contributed by atoms with E-state index in [1.165, 1.54) is 22.3 Å². The van der Waals surface area contributed by atoms with Gasteiger partial charge in [-0.2, -0.15) is 0 Å². The van der Waals surface area contributed by atoms with Crippen molar-refractivity contribution in [2.45, 2.75) is 25.9 Å². The fraction of sp³-hybridized carbons (Fsp3) is 0.250. The smallest absolute Gasteiger partial charge is 1.00 e. The number of allylic oxidation sites excluding steroid dienone is 5. The number of fused-ring (bicyclic) bond motifs is 3. The first-order valence-electron chi connectivity index (χ1n) is 6.16. The van der Waals surface area contributed by atoms with Crippen LogP contribution in [0.4, 0.5) is 0 Å². The maximum atomic E-state index is 8.16. The third-order valence-corrected chi connectivity index (χ3v) is 2.85. The summed E-state index contributed by atoms with van der Waals surface area (Å²) in [6.07, 6.45) is 12.0. The van der Waals surface area contributed by atoms with Crippen LogP contribution < -0.4 is 24.8 Å². The molecule has 0 amide bonds. The second kappa shape index (κ2) is 10.7. The van der Waals surface area contributed by atoms with Gasteiger partial charge in [0.1, 0.15) is 0 Å². The third-order valence-electron chi connectivity index (χ3n) is 2.85. The molecule has 5 heteroatoms. The van der Waals surface area contributed by atoms with Crippen molar-refractivity contribution in [2.24, 2.45) is 0 Å². The zero-order valence-electron chi connectivity index (χ0n) is 12.3. The Morgan fingerprint density at radius 2 is 1.76 bits per heavy atom. The minimum Gasteiger partial charge on any atom is -1.00 e. The minimum atomic E-state index is -0.880. The van der Waals surface area contributed by atoms with Gasteiger partial charge in [0, 0.05) is 0 Å². The summed E-state index contributed by atoms with van der Waals surface area (Å²) in [4.78, 5) is 8.16. The Morgan fingerprint density at radius 1 is 1.14 bits per heavy atom. The molecule has 1 nitrogen and oxygen atoms in total. The molecule has 0 aromatic heterocycles. The molecular weight excluding hydrogens is 398 g/mol. The summed E-state index contributed by atoms with van der Waals surface area (Å²) in [5.74, 6) is 0.454. The molecule has 2 aliphatic carbocycles.